The zero-order valence-electron chi connectivity index (χ0n) is 5.44. The van der Waals surface area contributed by atoms with Crippen LogP contribution in [-0.4, -0.2) is 4.21 Å². The lowest BCUT2D eigenvalue weighted by atomic mass is 10.3. The van der Waals surface area contributed by atoms with Gasteiger partial charge in [-0.3, -0.25) is 0 Å². The lowest BCUT2D eigenvalue weighted by Crippen LogP contribution is -1.96. The van der Waals surface area contributed by atoms with Crippen LogP contribution in [0.2, 0.25) is 0 Å². The maximum absolute atomic E-state index is 10.6. The molecule has 0 aliphatic carbocycles. The minimum absolute atomic E-state index is 0.434. The lowest BCUT2D eigenvalue weighted by Gasteiger charge is -1.92. The van der Waals surface area contributed by atoms with Gasteiger partial charge in [-0.1, -0.05) is 0 Å². The molecular formula is C6H5NO3S. The molecule has 0 radical (unpaired) electrons. The second-order valence-electron chi connectivity index (χ2n) is 2.08. The molecule has 0 spiro atoms. The van der Waals surface area contributed by atoms with E-state index in [1.807, 2.05) is 0 Å². The molecule has 1 heterocycles. The first-order valence-corrected chi connectivity index (χ1v) is 3.93. The van der Waals surface area contributed by atoms with Gasteiger partial charge in [-0.05, 0) is 12.1 Å². The van der Waals surface area contributed by atoms with Crippen molar-refractivity contribution in [3.05, 3.63) is 18.2 Å². The minimum Gasteiger partial charge on any atom is -0.399 e. The van der Waals surface area contributed by atoms with Crippen molar-refractivity contribution in [2.75, 3.05) is 5.73 Å². The molecule has 1 aromatic carbocycles. The van der Waals surface area contributed by atoms with E-state index < -0.39 is 11.4 Å². The topological polar surface area (TPSA) is 61.5 Å². The summed E-state index contributed by atoms with van der Waals surface area (Å²) >= 11 is -1.68. The molecule has 0 saturated heterocycles. The van der Waals surface area contributed by atoms with Crippen molar-refractivity contribution in [1.29, 1.82) is 0 Å². The van der Waals surface area contributed by atoms with Crippen LogP contribution in [0.1, 0.15) is 0 Å². The van der Waals surface area contributed by atoms with Gasteiger partial charge in [0.15, 0.2) is 11.5 Å². The number of nitrogen functional groups attached to an aromatic ring is 1. The molecule has 0 bridgehead atoms. The van der Waals surface area contributed by atoms with Crippen molar-refractivity contribution in [3.63, 3.8) is 0 Å². The van der Waals surface area contributed by atoms with E-state index in [0.29, 0.717) is 17.2 Å². The highest BCUT2D eigenvalue weighted by atomic mass is 32.2. The van der Waals surface area contributed by atoms with Gasteiger partial charge in [0.25, 0.3) is 0 Å². The number of rotatable bonds is 0. The van der Waals surface area contributed by atoms with Crippen LogP contribution in [-0.2, 0) is 11.4 Å². The molecule has 58 valence electrons. The van der Waals surface area contributed by atoms with Gasteiger partial charge in [-0.15, -0.1) is 0 Å². The Morgan fingerprint density at radius 2 is 2.00 bits per heavy atom. The number of hydrogen-bond donors (Lipinski definition) is 1. The van der Waals surface area contributed by atoms with Crippen molar-refractivity contribution in [1.82, 2.24) is 0 Å². The van der Waals surface area contributed by atoms with Crippen LogP contribution in [0.4, 0.5) is 5.69 Å². The Morgan fingerprint density at radius 1 is 1.27 bits per heavy atom. The molecule has 1 aliphatic rings. The fourth-order valence-electron chi connectivity index (χ4n) is 0.822. The number of benzene rings is 1. The Hall–Kier alpha value is -1.23. The summed E-state index contributed by atoms with van der Waals surface area (Å²) in [7, 11) is 0. The molecule has 2 N–H and O–H groups in total. The van der Waals surface area contributed by atoms with Crippen molar-refractivity contribution in [2.45, 2.75) is 0 Å². The normalized spacial score (nSPS) is 20.2. The van der Waals surface area contributed by atoms with E-state index in [9.17, 15) is 4.21 Å². The highest BCUT2D eigenvalue weighted by Crippen LogP contribution is 2.35. The molecule has 0 amide bonds. The highest BCUT2D eigenvalue weighted by molar-refractivity contribution is 7.76. The molecule has 0 saturated carbocycles. The van der Waals surface area contributed by atoms with E-state index in [4.69, 9.17) is 14.1 Å². The molecule has 11 heavy (non-hydrogen) atoms. The van der Waals surface area contributed by atoms with Gasteiger partial charge in [-0.2, -0.15) is 4.21 Å². The summed E-state index contributed by atoms with van der Waals surface area (Å²) in [5.41, 5.74) is 6.00. The van der Waals surface area contributed by atoms with Gasteiger partial charge in [0, 0.05) is 11.8 Å². The third kappa shape index (κ3) is 1.03. The standard InChI is InChI=1S/C6H5NO3S/c7-4-1-2-5-6(3-4)10-11(8)9-5/h1-3H,7H2. The smallest absolute Gasteiger partial charge is 0.399 e. The van der Waals surface area contributed by atoms with Crippen LogP contribution >= 0.6 is 0 Å². The second kappa shape index (κ2) is 2.13. The molecular weight excluding hydrogens is 166 g/mol. The summed E-state index contributed by atoms with van der Waals surface area (Å²) in [5, 5.41) is 0. The predicted molar refractivity (Wildman–Crippen MR) is 40.3 cm³/mol. The zero-order chi connectivity index (χ0) is 7.84. The fourth-order valence-corrected chi connectivity index (χ4v) is 1.42. The van der Waals surface area contributed by atoms with Gasteiger partial charge < -0.3 is 14.1 Å². The Balaban J connectivity index is 2.51. The Morgan fingerprint density at radius 3 is 2.82 bits per heavy atom. The molecule has 0 fully saturated rings. The van der Waals surface area contributed by atoms with Crippen molar-refractivity contribution in [3.8, 4) is 11.5 Å². The van der Waals surface area contributed by atoms with Crippen LogP contribution in [0.25, 0.3) is 0 Å². The average Bonchev–Trinajstić information content (AvgIpc) is 2.27. The number of fused-ring (bicyclic) bond motifs is 1. The average molecular weight is 171 g/mol. The molecule has 1 atom stereocenters. The summed E-state index contributed by atoms with van der Waals surface area (Å²) in [5.74, 6) is 0.904. The molecule has 0 aromatic heterocycles. The van der Waals surface area contributed by atoms with Crippen molar-refractivity contribution in [2.24, 2.45) is 0 Å². The maximum atomic E-state index is 10.6. The van der Waals surface area contributed by atoms with Gasteiger partial charge in [0.2, 0.25) is 0 Å². The maximum Gasteiger partial charge on any atom is 0.417 e. The minimum atomic E-state index is -1.68. The first-order chi connectivity index (χ1) is 5.25. The van der Waals surface area contributed by atoms with E-state index in [-0.39, 0.29) is 0 Å². The predicted octanol–water partition coefficient (Wildman–Crippen LogP) is 0.619. The van der Waals surface area contributed by atoms with Gasteiger partial charge in [0.1, 0.15) is 0 Å². The number of hydrogen-bond acceptors (Lipinski definition) is 4. The summed E-state index contributed by atoms with van der Waals surface area (Å²) < 4.78 is 20.2. The van der Waals surface area contributed by atoms with E-state index in [0.717, 1.165) is 0 Å². The highest BCUT2D eigenvalue weighted by Gasteiger charge is 2.20. The van der Waals surface area contributed by atoms with Crippen molar-refractivity contribution >= 4 is 17.0 Å². The summed E-state index contributed by atoms with van der Waals surface area (Å²) in [6.07, 6.45) is 0. The summed E-state index contributed by atoms with van der Waals surface area (Å²) in [4.78, 5) is 0. The monoisotopic (exact) mass is 171 g/mol. The fraction of sp³-hybridized carbons (Fsp3) is 0. The molecule has 1 aliphatic heterocycles. The van der Waals surface area contributed by atoms with Crippen LogP contribution in [0, 0.1) is 0 Å². The lowest BCUT2D eigenvalue weighted by molar-refractivity contribution is 0.520. The van der Waals surface area contributed by atoms with Gasteiger partial charge >= 0.3 is 11.4 Å². The van der Waals surface area contributed by atoms with Gasteiger partial charge in [-0.25, -0.2) is 0 Å². The Bertz CT molecular complexity index is 326. The summed E-state index contributed by atoms with van der Waals surface area (Å²) in [6.45, 7) is 0. The summed E-state index contributed by atoms with van der Waals surface area (Å²) in [6, 6.07) is 4.85. The molecule has 2 rings (SSSR count). The molecule has 1 aromatic rings. The molecule has 5 heteroatoms. The van der Waals surface area contributed by atoms with E-state index in [1.165, 1.54) is 0 Å². The van der Waals surface area contributed by atoms with E-state index in [1.54, 1.807) is 18.2 Å². The molecule has 1 unspecified atom stereocenters. The number of anilines is 1. The Labute approximate surface area is 65.8 Å². The first kappa shape index (κ1) is 6.48. The van der Waals surface area contributed by atoms with Crippen molar-refractivity contribution < 1.29 is 12.6 Å². The van der Waals surface area contributed by atoms with E-state index in [2.05, 4.69) is 0 Å². The van der Waals surface area contributed by atoms with Crippen LogP contribution in [0.15, 0.2) is 18.2 Å². The first-order valence-electron chi connectivity index (χ1n) is 2.93. The Kier molecular flexibility index (Phi) is 1.25. The number of nitrogens with two attached hydrogens (primary N) is 1. The van der Waals surface area contributed by atoms with Gasteiger partial charge in [0.05, 0.1) is 0 Å². The third-order valence-corrected chi connectivity index (χ3v) is 1.91. The van der Waals surface area contributed by atoms with E-state index >= 15 is 0 Å². The van der Waals surface area contributed by atoms with Crippen LogP contribution in [0.5, 0.6) is 11.5 Å². The quantitative estimate of drug-likeness (QED) is 0.581. The zero-order valence-corrected chi connectivity index (χ0v) is 6.26. The largest absolute Gasteiger partial charge is 0.417 e. The molecule has 4 nitrogen and oxygen atoms in total. The van der Waals surface area contributed by atoms with Crippen LogP contribution in [0.3, 0.4) is 0 Å². The van der Waals surface area contributed by atoms with Crippen LogP contribution < -0.4 is 14.1 Å². The second-order valence-corrected chi connectivity index (χ2v) is 2.82. The third-order valence-electron chi connectivity index (χ3n) is 1.28. The SMILES string of the molecule is Nc1ccc2c(c1)OS(=O)O2.